The minimum absolute atomic E-state index is 0.457. The molecule has 3 nitrogen and oxygen atoms in total. The van der Waals surface area contributed by atoms with Crippen molar-refractivity contribution in [2.45, 2.75) is 32.1 Å². The molecule has 1 aliphatic rings. The van der Waals surface area contributed by atoms with Crippen molar-refractivity contribution in [3.63, 3.8) is 0 Å². The van der Waals surface area contributed by atoms with Crippen LogP contribution >= 0.6 is 0 Å². The van der Waals surface area contributed by atoms with Gasteiger partial charge in [-0.05, 0) is 25.8 Å². The van der Waals surface area contributed by atoms with Crippen LogP contribution in [-0.2, 0) is 0 Å². The largest absolute Gasteiger partial charge is 0.362 e. The maximum atomic E-state index is 8.64. The average molecular weight is 153 g/mol. The van der Waals surface area contributed by atoms with E-state index in [4.69, 9.17) is 11.3 Å². The molecule has 3 heteroatoms. The predicted molar refractivity (Wildman–Crippen MR) is 44.3 cm³/mol. The molecule has 0 heterocycles. The summed E-state index contributed by atoms with van der Waals surface area (Å²) in [7, 11) is 0. The second-order valence-corrected chi connectivity index (χ2v) is 3.11. The Morgan fingerprint density at radius 3 is 3.00 bits per heavy atom. The second kappa shape index (κ2) is 4.27. The van der Waals surface area contributed by atoms with Crippen LogP contribution in [-0.4, -0.2) is 17.0 Å². The Labute approximate surface area is 67.2 Å². The smallest absolute Gasteiger partial charge is 0.271 e. The summed E-state index contributed by atoms with van der Waals surface area (Å²) >= 11 is 0. The summed E-state index contributed by atoms with van der Waals surface area (Å²) in [6.07, 6.45) is 5.50. The maximum Gasteiger partial charge on any atom is 0.271 e. The highest BCUT2D eigenvalue weighted by Gasteiger charge is 2.25. The quantitative estimate of drug-likeness (QED) is 0.470. The van der Waals surface area contributed by atoms with Gasteiger partial charge < -0.3 is 11.3 Å². The van der Waals surface area contributed by atoms with Gasteiger partial charge in [-0.25, -0.2) is 0 Å². The topological polar surface area (TPSA) is 62.4 Å². The van der Waals surface area contributed by atoms with Crippen LogP contribution in [0.2, 0.25) is 0 Å². The number of rotatable bonds is 2. The van der Waals surface area contributed by atoms with Crippen LogP contribution in [0.25, 0.3) is 5.53 Å². The summed E-state index contributed by atoms with van der Waals surface area (Å²) in [5.41, 5.74) is 15.0. The molecule has 0 aromatic heterocycles. The summed E-state index contributed by atoms with van der Waals surface area (Å²) in [6.45, 7) is 0.698. The first-order chi connectivity index (χ1) is 5.38. The van der Waals surface area contributed by atoms with Gasteiger partial charge in [0.05, 0.1) is 5.92 Å². The first kappa shape index (κ1) is 8.44. The SMILES string of the molecule is [N-]=[N+]=C1CCCCC1CCN. The molecule has 0 aliphatic heterocycles. The molecule has 0 amide bonds. The molecule has 0 saturated heterocycles. The van der Waals surface area contributed by atoms with Gasteiger partial charge in [-0.15, -0.1) is 0 Å². The molecule has 1 fully saturated rings. The Morgan fingerprint density at radius 2 is 2.36 bits per heavy atom. The fraction of sp³-hybridized carbons (Fsp3) is 0.875. The number of nitrogens with zero attached hydrogens (tertiary/aromatic N) is 2. The fourth-order valence-corrected chi connectivity index (χ4v) is 1.71. The van der Waals surface area contributed by atoms with Crippen LogP contribution in [0.1, 0.15) is 32.1 Å². The van der Waals surface area contributed by atoms with Crippen molar-refractivity contribution in [3.05, 3.63) is 5.53 Å². The summed E-state index contributed by atoms with van der Waals surface area (Å²) in [5.74, 6) is 0.457. The van der Waals surface area contributed by atoms with Crippen molar-refractivity contribution in [1.29, 1.82) is 0 Å². The van der Waals surface area contributed by atoms with E-state index in [1.165, 1.54) is 12.8 Å². The van der Waals surface area contributed by atoms with Crippen molar-refractivity contribution in [2.24, 2.45) is 11.7 Å². The molecule has 2 N–H and O–H groups in total. The zero-order valence-electron chi connectivity index (χ0n) is 6.79. The minimum Gasteiger partial charge on any atom is -0.362 e. The summed E-state index contributed by atoms with van der Waals surface area (Å²) in [6, 6.07) is 0. The highest BCUT2D eigenvalue weighted by molar-refractivity contribution is 5.82. The lowest BCUT2D eigenvalue weighted by atomic mass is 9.85. The van der Waals surface area contributed by atoms with E-state index in [2.05, 4.69) is 4.79 Å². The summed E-state index contributed by atoms with van der Waals surface area (Å²) < 4.78 is 0. The van der Waals surface area contributed by atoms with Gasteiger partial charge in [0, 0.05) is 6.42 Å². The molecular weight excluding hydrogens is 138 g/mol. The molecule has 11 heavy (non-hydrogen) atoms. The molecule has 0 aromatic rings. The highest BCUT2D eigenvalue weighted by atomic mass is 14.9. The van der Waals surface area contributed by atoms with Crippen molar-refractivity contribution >= 4 is 5.71 Å². The van der Waals surface area contributed by atoms with Gasteiger partial charge in [0.25, 0.3) is 5.71 Å². The molecule has 0 aromatic carbocycles. The van der Waals surface area contributed by atoms with E-state index >= 15 is 0 Å². The molecule has 1 rings (SSSR count). The van der Waals surface area contributed by atoms with Gasteiger partial charge in [0.1, 0.15) is 0 Å². The van der Waals surface area contributed by atoms with E-state index in [-0.39, 0.29) is 0 Å². The van der Waals surface area contributed by atoms with E-state index in [0.717, 1.165) is 25.0 Å². The average Bonchev–Trinajstić information content (AvgIpc) is 2.06. The lowest BCUT2D eigenvalue weighted by molar-refractivity contribution is -0.0189. The van der Waals surface area contributed by atoms with E-state index in [1.807, 2.05) is 0 Å². The monoisotopic (exact) mass is 153 g/mol. The lowest BCUT2D eigenvalue weighted by Gasteiger charge is -2.15. The van der Waals surface area contributed by atoms with Gasteiger partial charge in [-0.3, -0.25) is 0 Å². The molecule has 0 spiro atoms. The van der Waals surface area contributed by atoms with Crippen LogP contribution in [0.3, 0.4) is 0 Å². The molecule has 1 aliphatic carbocycles. The van der Waals surface area contributed by atoms with Crippen molar-refractivity contribution in [2.75, 3.05) is 6.54 Å². The van der Waals surface area contributed by atoms with Crippen molar-refractivity contribution in [3.8, 4) is 0 Å². The molecule has 1 unspecified atom stereocenters. The maximum absolute atomic E-state index is 8.64. The third kappa shape index (κ3) is 2.14. The van der Waals surface area contributed by atoms with Gasteiger partial charge >= 0.3 is 0 Å². The Morgan fingerprint density at radius 1 is 1.55 bits per heavy atom. The fourth-order valence-electron chi connectivity index (χ4n) is 1.71. The first-order valence-electron chi connectivity index (χ1n) is 4.29. The zero-order chi connectivity index (χ0) is 8.10. The molecule has 0 radical (unpaired) electrons. The van der Waals surface area contributed by atoms with Crippen LogP contribution < -0.4 is 5.73 Å². The number of nitrogens with two attached hydrogens (primary N) is 1. The van der Waals surface area contributed by atoms with Crippen LogP contribution in [0.15, 0.2) is 0 Å². The summed E-state index contributed by atoms with van der Waals surface area (Å²) in [4.78, 5) is 3.31. The molecule has 1 saturated carbocycles. The van der Waals surface area contributed by atoms with E-state index in [9.17, 15) is 0 Å². The molecule has 1 atom stereocenters. The standard InChI is InChI=1S/C8H15N3/c9-6-5-7-3-1-2-4-8(7)11-10/h7H,1-6,9H2. The molecular formula is C8H15N3. The number of hydrogen-bond acceptors (Lipinski definition) is 1. The normalized spacial score (nSPS) is 24.8. The van der Waals surface area contributed by atoms with E-state index in [0.29, 0.717) is 12.5 Å². The predicted octanol–water partition coefficient (Wildman–Crippen LogP) is 1.20. The summed E-state index contributed by atoms with van der Waals surface area (Å²) in [5, 5.41) is 0. The van der Waals surface area contributed by atoms with E-state index < -0.39 is 0 Å². The Hall–Kier alpha value is -0.660. The Balaban J connectivity index is 2.52. The van der Waals surface area contributed by atoms with Gasteiger partial charge in [-0.1, -0.05) is 6.42 Å². The zero-order valence-corrected chi connectivity index (χ0v) is 6.79. The third-order valence-electron chi connectivity index (χ3n) is 2.35. The minimum atomic E-state index is 0.457. The Bertz CT molecular complexity index is 168. The van der Waals surface area contributed by atoms with Gasteiger partial charge in [-0.2, -0.15) is 4.79 Å². The van der Waals surface area contributed by atoms with Crippen LogP contribution in [0.5, 0.6) is 0 Å². The first-order valence-corrected chi connectivity index (χ1v) is 4.29. The molecule has 0 bridgehead atoms. The van der Waals surface area contributed by atoms with Crippen LogP contribution in [0, 0.1) is 5.92 Å². The third-order valence-corrected chi connectivity index (χ3v) is 2.35. The van der Waals surface area contributed by atoms with E-state index in [1.54, 1.807) is 0 Å². The Kier molecular flexibility index (Phi) is 3.27. The highest BCUT2D eigenvalue weighted by Crippen LogP contribution is 2.22. The van der Waals surface area contributed by atoms with Gasteiger partial charge in [0.15, 0.2) is 0 Å². The van der Waals surface area contributed by atoms with Crippen LogP contribution in [0.4, 0.5) is 0 Å². The van der Waals surface area contributed by atoms with Gasteiger partial charge in [0.2, 0.25) is 0 Å². The molecule has 62 valence electrons. The van der Waals surface area contributed by atoms with Crippen molar-refractivity contribution in [1.82, 2.24) is 0 Å². The lowest BCUT2D eigenvalue weighted by Crippen LogP contribution is -2.22. The van der Waals surface area contributed by atoms with Crippen molar-refractivity contribution < 1.29 is 4.79 Å². The second-order valence-electron chi connectivity index (χ2n) is 3.11. The number of hydrogen-bond donors (Lipinski definition) is 1.